The molecule has 1 aliphatic rings. The molecule has 0 aromatic carbocycles. The maximum Gasteiger partial charge on any atom is 0.0628 e. The highest BCUT2D eigenvalue weighted by Crippen LogP contribution is 2.06. The molecule has 0 bridgehead atoms. The van der Waals surface area contributed by atoms with Crippen molar-refractivity contribution >= 4 is 0 Å². The quantitative estimate of drug-likeness (QED) is 0.632. The normalized spacial score (nSPS) is 18.7. The van der Waals surface area contributed by atoms with Crippen LogP contribution in [0.25, 0.3) is 0 Å². The van der Waals surface area contributed by atoms with Gasteiger partial charge in [-0.2, -0.15) is 0 Å². The topological polar surface area (TPSA) is 27.7 Å². The number of nitrogens with one attached hydrogen (secondary N) is 1. The van der Waals surface area contributed by atoms with Crippen LogP contribution in [-0.4, -0.2) is 75.9 Å². The molecule has 0 aromatic rings. The van der Waals surface area contributed by atoms with Crippen LogP contribution in [0.4, 0.5) is 0 Å². The van der Waals surface area contributed by atoms with E-state index in [9.17, 15) is 0 Å². The molecule has 0 radical (unpaired) electrons. The Bertz CT molecular complexity index is 195. The molecule has 0 amide bonds. The Hall–Kier alpha value is -0.160. The molecule has 0 saturated carbocycles. The first kappa shape index (κ1) is 15.9. The lowest BCUT2D eigenvalue weighted by Gasteiger charge is -2.26. The molecule has 1 N–H and O–H groups in total. The Morgan fingerprint density at radius 2 is 2.06 bits per heavy atom. The molecule has 1 fully saturated rings. The summed E-state index contributed by atoms with van der Waals surface area (Å²) < 4.78 is 5.28. The van der Waals surface area contributed by atoms with Gasteiger partial charge in [-0.05, 0) is 45.9 Å². The molecule has 0 aromatic heterocycles. The van der Waals surface area contributed by atoms with E-state index < -0.39 is 0 Å². The number of likely N-dealkylation sites (N-methyl/N-ethyl adjacent to an activating group) is 1. The smallest absolute Gasteiger partial charge is 0.0628 e. The zero-order valence-electron chi connectivity index (χ0n) is 12.5. The summed E-state index contributed by atoms with van der Waals surface area (Å²) in [5.41, 5.74) is 0. The van der Waals surface area contributed by atoms with Gasteiger partial charge in [0.1, 0.15) is 0 Å². The number of nitrogens with zero attached hydrogens (tertiary/aromatic N) is 2. The van der Waals surface area contributed by atoms with Crippen molar-refractivity contribution in [3.8, 4) is 0 Å². The number of methoxy groups -OCH3 is 1. The van der Waals surface area contributed by atoms with E-state index in [-0.39, 0.29) is 0 Å². The maximum absolute atomic E-state index is 5.28. The number of hydrogen-bond acceptors (Lipinski definition) is 4. The maximum atomic E-state index is 5.28. The molecule has 0 spiro atoms. The molecular formula is C14H31N3O. The van der Waals surface area contributed by atoms with E-state index in [1.165, 1.54) is 38.9 Å². The van der Waals surface area contributed by atoms with Crippen LogP contribution in [0, 0.1) is 0 Å². The fraction of sp³-hybridized carbons (Fsp3) is 1.00. The highest BCUT2D eigenvalue weighted by Gasteiger charge is 2.14. The first-order valence-corrected chi connectivity index (χ1v) is 7.39. The second kappa shape index (κ2) is 9.73. The molecule has 4 nitrogen and oxygen atoms in total. The van der Waals surface area contributed by atoms with Gasteiger partial charge in [0, 0.05) is 32.8 Å². The Morgan fingerprint density at radius 3 is 2.67 bits per heavy atom. The number of rotatable bonds is 10. The predicted octanol–water partition coefficient (Wildman–Crippen LogP) is 1.03. The van der Waals surface area contributed by atoms with Crippen LogP contribution in [0.2, 0.25) is 0 Å². The third-order valence-corrected chi connectivity index (χ3v) is 3.58. The molecule has 18 heavy (non-hydrogen) atoms. The van der Waals surface area contributed by atoms with E-state index >= 15 is 0 Å². The second-order valence-electron chi connectivity index (χ2n) is 5.42. The largest absolute Gasteiger partial charge is 0.383 e. The van der Waals surface area contributed by atoms with Gasteiger partial charge in [-0.15, -0.1) is 0 Å². The summed E-state index contributed by atoms with van der Waals surface area (Å²) in [6.45, 7) is 10.1. The first-order valence-electron chi connectivity index (χ1n) is 7.39. The Balaban J connectivity index is 2.15. The molecule has 1 rings (SSSR count). The summed E-state index contributed by atoms with van der Waals surface area (Å²) in [4.78, 5) is 4.99. The summed E-state index contributed by atoms with van der Waals surface area (Å²) in [6, 6.07) is 0.457. The second-order valence-corrected chi connectivity index (χ2v) is 5.42. The lowest BCUT2D eigenvalue weighted by molar-refractivity contribution is 0.142. The van der Waals surface area contributed by atoms with Gasteiger partial charge in [0.05, 0.1) is 6.61 Å². The lowest BCUT2D eigenvalue weighted by Crippen LogP contribution is -2.44. The molecule has 1 unspecified atom stereocenters. The van der Waals surface area contributed by atoms with Crippen molar-refractivity contribution in [3.63, 3.8) is 0 Å². The van der Waals surface area contributed by atoms with Gasteiger partial charge in [-0.25, -0.2) is 0 Å². The molecule has 4 heteroatoms. The van der Waals surface area contributed by atoms with Crippen molar-refractivity contribution in [2.75, 3.05) is 60.0 Å². The standard InChI is InChI=1S/C14H31N3O/c1-4-7-15-14(13-18-3)12-16(2)10-11-17-8-5-6-9-17/h14-15H,4-13H2,1-3H3. The van der Waals surface area contributed by atoms with Gasteiger partial charge in [0.25, 0.3) is 0 Å². The van der Waals surface area contributed by atoms with Crippen molar-refractivity contribution < 1.29 is 4.74 Å². The zero-order valence-corrected chi connectivity index (χ0v) is 12.5. The van der Waals surface area contributed by atoms with Crippen molar-refractivity contribution in [2.24, 2.45) is 0 Å². The van der Waals surface area contributed by atoms with Crippen LogP contribution in [-0.2, 0) is 4.74 Å². The predicted molar refractivity (Wildman–Crippen MR) is 77.1 cm³/mol. The summed E-state index contributed by atoms with van der Waals surface area (Å²) in [5.74, 6) is 0. The Morgan fingerprint density at radius 1 is 1.33 bits per heavy atom. The molecule has 1 aliphatic heterocycles. The van der Waals surface area contributed by atoms with Crippen LogP contribution in [0.1, 0.15) is 26.2 Å². The van der Waals surface area contributed by atoms with E-state index in [0.29, 0.717) is 6.04 Å². The highest BCUT2D eigenvalue weighted by atomic mass is 16.5. The third-order valence-electron chi connectivity index (χ3n) is 3.58. The number of hydrogen-bond donors (Lipinski definition) is 1. The molecule has 108 valence electrons. The van der Waals surface area contributed by atoms with Gasteiger partial charge in [0.15, 0.2) is 0 Å². The van der Waals surface area contributed by atoms with Crippen LogP contribution in [0.3, 0.4) is 0 Å². The van der Waals surface area contributed by atoms with Crippen LogP contribution >= 0.6 is 0 Å². The molecular weight excluding hydrogens is 226 g/mol. The fourth-order valence-corrected chi connectivity index (χ4v) is 2.51. The highest BCUT2D eigenvalue weighted by molar-refractivity contribution is 4.72. The molecule has 0 aliphatic carbocycles. The minimum atomic E-state index is 0.457. The van der Waals surface area contributed by atoms with Crippen molar-refractivity contribution in [1.82, 2.24) is 15.1 Å². The lowest BCUT2D eigenvalue weighted by atomic mass is 10.2. The van der Waals surface area contributed by atoms with E-state index in [4.69, 9.17) is 4.74 Å². The Labute approximate surface area is 113 Å². The van der Waals surface area contributed by atoms with E-state index in [2.05, 4.69) is 29.1 Å². The monoisotopic (exact) mass is 257 g/mol. The fourth-order valence-electron chi connectivity index (χ4n) is 2.51. The Kier molecular flexibility index (Phi) is 8.59. The van der Waals surface area contributed by atoms with Crippen LogP contribution in [0.15, 0.2) is 0 Å². The average Bonchev–Trinajstić information content (AvgIpc) is 2.87. The minimum Gasteiger partial charge on any atom is -0.383 e. The minimum absolute atomic E-state index is 0.457. The van der Waals surface area contributed by atoms with E-state index in [0.717, 1.165) is 26.2 Å². The van der Waals surface area contributed by atoms with E-state index in [1.807, 2.05) is 0 Å². The first-order chi connectivity index (χ1) is 8.76. The van der Waals surface area contributed by atoms with Gasteiger partial charge < -0.3 is 19.9 Å². The molecule has 1 saturated heterocycles. The number of ether oxygens (including phenoxy) is 1. The van der Waals surface area contributed by atoms with E-state index in [1.54, 1.807) is 7.11 Å². The molecule has 1 heterocycles. The third kappa shape index (κ3) is 6.69. The summed E-state index contributed by atoms with van der Waals surface area (Å²) >= 11 is 0. The summed E-state index contributed by atoms with van der Waals surface area (Å²) in [5, 5.41) is 3.55. The summed E-state index contributed by atoms with van der Waals surface area (Å²) in [7, 11) is 4.00. The average molecular weight is 257 g/mol. The van der Waals surface area contributed by atoms with Crippen LogP contribution < -0.4 is 5.32 Å². The SMILES string of the molecule is CCCNC(COC)CN(C)CCN1CCCC1. The van der Waals surface area contributed by atoms with Gasteiger partial charge >= 0.3 is 0 Å². The van der Waals surface area contributed by atoms with Crippen molar-refractivity contribution in [2.45, 2.75) is 32.2 Å². The van der Waals surface area contributed by atoms with Crippen molar-refractivity contribution in [1.29, 1.82) is 0 Å². The summed E-state index contributed by atoms with van der Waals surface area (Å²) in [6.07, 6.45) is 3.94. The van der Waals surface area contributed by atoms with Crippen molar-refractivity contribution in [3.05, 3.63) is 0 Å². The zero-order chi connectivity index (χ0) is 13.2. The van der Waals surface area contributed by atoms with Crippen LogP contribution in [0.5, 0.6) is 0 Å². The van der Waals surface area contributed by atoms with Gasteiger partial charge in [-0.1, -0.05) is 6.92 Å². The number of likely N-dealkylation sites (tertiary alicyclic amines) is 1. The molecule has 1 atom stereocenters. The van der Waals surface area contributed by atoms with Gasteiger partial charge in [-0.3, -0.25) is 0 Å². The van der Waals surface area contributed by atoms with Gasteiger partial charge in [0.2, 0.25) is 0 Å².